The fraction of sp³-hybridized carbons (Fsp3) is 0.556. The molecule has 1 saturated heterocycles. The normalized spacial score (nSPS) is 26.6. The first-order valence-corrected chi connectivity index (χ1v) is 5.64. The number of thioether (sulfide) groups is 1. The molecule has 0 aliphatic carbocycles. The molecule has 0 saturated carbocycles. The van der Waals surface area contributed by atoms with Crippen LogP contribution in [0.25, 0.3) is 0 Å². The Morgan fingerprint density at radius 2 is 2.57 bits per heavy atom. The Hall–Kier alpha value is -0.970. The standard InChI is InChI=1S/C9H12N2O2S/c1-9(2-3-14-5-9)7-4-6(8(12)13)10-11-7/h4H,2-3,5H2,1H3,(H,10,11)(H,12,13). The zero-order valence-corrected chi connectivity index (χ0v) is 8.73. The van der Waals surface area contributed by atoms with Crippen LogP contribution in [-0.2, 0) is 5.41 Å². The van der Waals surface area contributed by atoms with E-state index in [-0.39, 0.29) is 11.1 Å². The van der Waals surface area contributed by atoms with Gasteiger partial charge in [0.15, 0.2) is 5.69 Å². The van der Waals surface area contributed by atoms with Crippen molar-refractivity contribution in [1.82, 2.24) is 10.2 Å². The number of hydrogen-bond donors (Lipinski definition) is 2. The molecule has 76 valence electrons. The van der Waals surface area contributed by atoms with Crippen molar-refractivity contribution in [2.45, 2.75) is 18.8 Å². The second-order valence-corrected chi connectivity index (χ2v) is 4.94. The van der Waals surface area contributed by atoms with Gasteiger partial charge in [0.2, 0.25) is 0 Å². The molecule has 1 aliphatic heterocycles. The van der Waals surface area contributed by atoms with Gasteiger partial charge in [0, 0.05) is 16.9 Å². The third-order valence-electron chi connectivity index (χ3n) is 2.67. The summed E-state index contributed by atoms with van der Waals surface area (Å²) in [6.45, 7) is 2.14. The van der Waals surface area contributed by atoms with Crippen LogP contribution in [0.3, 0.4) is 0 Å². The summed E-state index contributed by atoms with van der Waals surface area (Å²) in [5.74, 6) is 1.20. The highest BCUT2D eigenvalue weighted by Gasteiger charge is 2.33. The van der Waals surface area contributed by atoms with Gasteiger partial charge in [0.25, 0.3) is 0 Å². The van der Waals surface area contributed by atoms with E-state index in [0.29, 0.717) is 0 Å². The van der Waals surface area contributed by atoms with Crippen LogP contribution in [-0.4, -0.2) is 32.8 Å². The van der Waals surface area contributed by atoms with Crippen molar-refractivity contribution < 1.29 is 9.90 Å². The molecule has 1 atom stereocenters. The van der Waals surface area contributed by atoms with Crippen LogP contribution in [0.15, 0.2) is 6.07 Å². The smallest absolute Gasteiger partial charge is 0.356 e. The Balaban J connectivity index is 2.28. The Morgan fingerprint density at radius 1 is 1.79 bits per heavy atom. The van der Waals surface area contributed by atoms with E-state index in [4.69, 9.17) is 5.11 Å². The molecule has 0 radical (unpaired) electrons. The number of carbonyl (C=O) groups is 1. The number of nitrogens with zero attached hydrogens (tertiary/aromatic N) is 1. The maximum Gasteiger partial charge on any atom is 0.356 e. The SMILES string of the molecule is CC1(c2cc(C(=O)O)n[nH]2)CCSC1. The third-order valence-corrected chi connectivity index (χ3v) is 4.00. The first-order valence-electron chi connectivity index (χ1n) is 4.49. The lowest BCUT2D eigenvalue weighted by Gasteiger charge is -2.19. The summed E-state index contributed by atoms with van der Waals surface area (Å²) in [6, 6.07) is 1.65. The number of rotatable bonds is 2. The lowest BCUT2D eigenvalue weighted by molar-refractivity contribution is 0.0690. The zero-order chi connectivity index (χ0) is 10.2. The van der Waals surface area contributed by atoms with Gasteiger partial charge in [-0.2, -0.15) is 16.9 Å². The van der Waals surface area contributed by atoms with Crippen molar-refractivity contribution in [2.24, 2.45) is 0 Å². The minimum atomic E-state index is -0.971. The largest absolute Gasteiger partial charge is 0.476 e. The molecule has 0 spiro atoms. The number of carboxylic acid groups (broad SMARTS) is 1. The van der Waals surface area contributed by atoms with Crippen LogP contribution in [0.1, 0.15) is 29.5 Å². The summed E-state index contributed by atoms with van der Waals surface area (Å²) in [5.41, 5.74) is 1.13. The Labute approximate surface area is 86.1 Å². The summed E-state index contributed by atoms with van der Waals surface area (Å²) in [5, 5.41) is 15.3. The van der Waals surface area contributed by atoms with Crippen molar-refractivity contribution in [3.63, 3.8) is 0 Å². The molecule has 1 aromatic heterocycles. The number of H-pyrrole nitrogens is 1. The number of aromatic nitrogens is 2. The van der Waals surface area contributed by atoms with E-state index in [2.05, 4.69) is 17.1 Å². The molecule has 14 heavy (non-hydrogen) atoms. The summed E-state index contributed by atoms with van der Waals surface area (Å²) < 4.78 is 0. The van der Waals surface area contributed by atoms with Gasteiger partial charge >= 0.3 is 5.97 Å². The fourth-order valence-corrected chi connectivity index (χ4v) is 3.11. The minimum absolute atomic E-state index is 0.0748. The summed E-state index contributed by atoms with van der Waals surface area (Å²) in [7, 11) is 0. The molecule has 0 bridgehead atoms. The van der Waals surface area contributed by atoms with E-state index in [1.54, 1.807) is 6.07 Å². The van der Waals surface area contributed by atoms with Gasteiger partial charge in [-0.25, -0.2) is 4.79 Å². The molecule has 1 unspecified atom stereocenters. The van der Waals surface area contributed by atoms with Crippen molar-refractivity contribution in [1.29, 1.82) is 0 Å². The molecule has 2 N–H and O–H groups in total. The molecular formula is C9H12N2O2S. The van der Waals surface area contributed by atoms with E-state index in [1.165, 1.54) is 0 Å². The average Bonchev–Trinajstić information content (AvgIpc) is 2.71. The number of carboxylic acids is 1. The van der Waals surface area contributed by atoms with Crippen LogP contribution in [0.2, 0.25) is 0 Å². The lowest BCUT2D eigenvalue weighted by atomic mass is 9.86. The molecule has 1 aliphatic rings. The molecule has 2 rings (SSSR count). The third kappa shape index (κ3) is 1.52. The van der Waals surface area contributed by atoms with Crippen molar-refractivity contribution in [2.75, 3.05) is 11.5 Å². The summed E-state index contributed by atoms with van der Waals surface area (Å²) in [6.07, 6.45) is 1.08. The van der Waals surface area contributed by atoms with Crippen LogP contribution in [0, 0.1) is 0 Å². The summed E-state index contributed by atoms with van der Waals surface area (Å²) >= 11 is 1.90. The molecular weight excluding hydrogens is 200 g/mol. The molecule has 2 heterocycles. The van der Waals surface area contributed by atoms with Crippen LogP contribution in [0.4, 0.5) is 0 Å². The van der Waals surface area contributed by atoms with Gasteiger partial charge in [-0.05, 0) is 18.2 Å². The van der Waals surface area contributed by atoms with Gasteiger partial charge < -0.3 is 5.11 Å². The van der Waals surface area contributed by atoms with Crippen LogP contribution >= 0.6 is 11.8 Å². The molecule has 1 aromatic rings. The van der Waals surface area contributed by atoms with Gasteiger partial charge in [-0.3, -0.25) is 5.10 Å². The van der Waals surface area contributed by atoms with Gasteiger partial charge in [-0.15, -0.1) is 0 Å². The van der Waals surface area contributed by atoms with Crippen LogP contribution < -0.4 is 0 Å². The van der Waals surface area contributed by atoms with Gasteiger partial charge in [0.1, 0.15) is 0 Å². The molecule has 0 aromatic carbocycles. The van der Waals surface area contributed by atoms with Crippen molar-refractivity contribution in [3.05, 3.63) is 17.5 Å². The highest BCUT2D eigenvalue weighted by Crippen LogP contribution is 2.37. The number of hydrogen-bond acceptors (Lipinski definition) is 3. The van der Waals surface area contributed by atoms with E-state index >= 15 is 0 Å². The molecule has 4 nitrogen and oxygen atoms in total. The second kappa shape index (κ2) is 3.31. The topological polar surface area (TPSA) is 66.0 Å². The lowest BCUT2D eigenvalue weighted by Crippen LogP contribution is -2.21. The number of aromatic amines is 1. The van der Waals surface area contributed by atoms with Crippen LogP contribution in [0.5, 0.6) is 0 Å². The Morgan fingerprint density at radius 3 is 3.07 bits per heavy atom. The average molecular weight is 212 g/mol. The maximum atomic E-state index is 10.6. The fourth-order valence-electron chi connectivity index (χ4n) is 1.62. The summed E-state index contributed by atoms with van der Waals surface area (Å²) in [4.78, 5) is 10.6. The van der Waals surface area contributed by atoms with Gasteiger partial charge in [-0.1, -0.05) is 6.92 Å². The molecule has 1 fully saturated rings. The van der Waals surface area contributed by atoms with Crippen molar-refractivity contribution >= 4 is 17.7 Å². The quantitative estimate of drug-likeness (QED) is 0.779. The first kappa shape index (κ1) is 9.58. The highest BCUT2D eigenvalue weighted by atomic mass is 32.2. The van der Waals surface area contributed by atoms with Gasteiger partial charge in [0.05, 0.1) is 0 Å². The molecule has 0 amide bonds. The molecule has 5 heteroatoms. The van der Waals surface area contributed by atoms with E-state index in [9.17, 15) is 4.79 Å². The predicted molar refractivity (Wildman–Crippen MR) is 54.8 cm³/mol. The van der Waals surface area contributed by atoms with E-state index in [1.807, 2.05) is 11.8 Å². The zero-order valence-electron chi connectivity index (χ0n) is 7.91. The Bertz CT molecular complexity index is 355. The monoisotopic (exact) mass is 212 g/mol. The first-order chi connectivity index (χ1) is 6.62. The van der Waals surface area contributed by atoms with E-state index in [0.717, 1.165) is 23.6 Å². The Kier molecular flexibility index (Phi) is 2.26. The minimum Gasteiger partial charge on any atom is -0.476 e. The predicted octanol–water partition coefficient (Wildman–Crippen LogP) is 1.50. The van der Waals surface area contributed by atoms with Crippen molar-refractivity contribution in [3.8, 4) is 0 Å². The number of nitrogens with one attached hydrogen (secondary N) is 1. The maximum absolute atomic E-state index is 10.6. The highest BCUT2D eigenvalue weighted by molar-refractivity contribution is 7.99. The second-order valence-electron chi connectivity index (χ2n) is 3.84. The number of aromatic carboxylic acids is 1. The van der Waals surface area contributed by atoms with E-state index < -0.39 is 5.97 Å².